The van der Waals surface area contributed by atoms with Crippen LogP contribution in [0.15, 0.2) is 0 Å². The number of rotatable bonds is 1. The van der Waals surface area contributed by atoms with E-state index in [1.54, 1.807) is 0 Å². The second-order valence-corrected chi connectivity index (χ2v) is 3.62. The van der Waals surface area contributed by atoms with E-state index in [-0.39, 0.29) is 18.6 Å². The fourth-order valence-electron chi connectivity index (χ4n) is 2.44. The van der Waals surface area contributed by atoms with E-state index in [4.69, 9.17) is 5.11 Å². The highest BCUT2D eigenvalue weighted by atomic mass is 16.3. The average Bonchev–Trinajstić information content (AvgIpc) is 2.46. The molecule has 0 unspecified atom stereocenters. The minimum absolute atomic E-state index is 0.123. The lowest BCUT2D eigenvalue weighted by molar-refractivity contribution is 0.0903. The first-order valence-electron chi connectivity index (χ1n) is 4.36. The molecule has 3 atom stereocenters. The van der Waals surface area contributed by atoms with Crippen molar-refractivity contribution in [3.05, 3.63) is 0 Å². The maximum atomic E-state index is 9.49. The number of nitrogens with zero attached hydrogens (tertiary/aromatic N) is 1. The van der Waals surface area contributed by atoms with E-state index >= 15 is 0 Å². The zero-order valence-corrected chi connectivity index (χ0v) is 6.61. The summed E-state index contributed by atoms with van der Waals surface area (Å²) in [6, 6.07) is 0.468. The molecular formula is C8H15NO2. The molecule has 3 heteroatoms. The molecule has 2 rings (SSSR count). The molecular weight excluding hydrogens is 142 g/mol. The summed E-state index contributed by atoms with van der Waals surface area (Å²) in [7, 11) is 0. The lowest BCUT2D eigenvalue weighted by Gasteiger charge is -2.18. The van der Waals surface area contributed by atoms with E-state index in [2.05, 4.69) is 4.90 Å². The van der Waals surface area contributed by atoms with Gasteiger partial charge in [-0.1, -0.05) is 0 Å². The summed E-state index contributed by atoms with van der Waals surface area (Å²) in [6.07, 6.45) is 2.10. The summed E-state index contributed by atoms with van der Waals surface area (Å²) in [5.74, 6) is 0.123. The summed E-state index contributed by atoms with van der Waals surface area (Å²) >= 11 is 0. The monoisotopic (exact) mass is 157 g/mol. The normalized spacial score (nSPS) is 44.7. The first-order valence-corrected chi connectivity index (χ1v) is 4.36. The Morgan fingerprint density at radius 3 is 3.00 bits per heavy atom. The SMILES string of the molecule is OC[C@@H]1[C@H]2CCCN2C[C@@H]1O. The van der Waals surface area contributed by atoms with Gasteiger partial charge in [0.05, 0.1) is 6.10 Å². The van der Waals surface area contributed by atoms with Crippen LogP contribution in [-0.4, -0.2) is 47.0 Å². The van der Waals surface area contributed by atoms with Crippen molar-refractivity contribution in [2.45, 2.75) is 25.0 Å². The fourth-order valence-corrected chi connectivity index (χ4v) is 2.44. The lowest BCUT2D eigenvalue weighted by atomic mass is 9.97. The molecule has 2 N–H and O–H groups in total. The first kappa shape index (κ1) is 7.53. The minimum Gasteiger partial charge on any atom is -0.396 e. The van der Waals surface area contributed by atoms with Gasteiger partial charge in [0.2, 0.25) is 0 Å². The molecule has 2 aliphatic rings. The van der Waals surface area contributed by atoms with Gasteiger partial charge in [0.25, 0.3) is 0 Å². The number of hydrogen-bond acceptors (Lipinski definition) is 3. The van der Waals surface area contributed by atoms with Crippen molar-refractivity contribution < 1.29 is 10.2 Å². The van der Waals surface area contributed by atoms with Gasteiger partial charge in [-0.2, -0.15) is 0 Å². The zero-order chi connectivity index (χ0) is 7.84. The predicted molar refractivity (Wildman–Crippen MR) is 41.2 cm³/mol. The molecule has 0 bridgehead atoms. The van der Waals surface area contributed by atoms with E-state index in [1.165, 1.54) is 6.42 Å². The second-order valence-electron chi connectivity index (χ2n) is 3.62. The Balaban J connectivity index is 2.07. The van der Waals surface area contributed by atoms with Crippen molar-refractivity contribution in [2.75, 3.05) is 19.7 Å². The van der Waals surface area contributed by atoms with Crippen molar-refractivity contribution in [3.8, 4) is 0 Å². The van der Waals surface area contributed by atoms with Crippen LogP contribution < -0.4 is 0 Å². The van der Waals surface area contributed by atoms with Crippen LogP contribution in [0, 0.1) is 5.92 Å². The molecule has 0 spiro atoms. The van der Waals surface area contributed by atoms with Gasteiger partial charge < -0.3 is 10.2 Å². The maximum absolute atomic E-state index is 9.49. The molecule has 0 radical (unpaired) electrons. The van der Waals surface area contributed by atoms with Gasteiger partial charge in [-0.3, -0.25) is 4.90 Å². The van der Waals surface area contributed by atoms with Gasteiger partial charge in [-0.15, -0.1) is 0 Å². The van der Waals surface area contributed by atoms with Crippen LogP contribution in [-0.2, 0) is 0 Å². The maximum Gasteiger partial charge on any atom is 0.0732 e. The third kappa shape index (κ3) is 1.08. The van der Waals surface area contributed by atoms with Gasteiger partial charge in [0.15, 0.2) is 0 Å². The number of hydrogen-bond donors (Lipinski definition) is 2. The molecule has 64 valence electrons. The van der Waals surface area contributed by atoms with Crippen molar-refractivity contribution in [2.24, 2.45) is 5.92 Å². The van der Waals surface area contributed by atoms with E-state index in [0.29, 0.717) is 6.04 Å². The van der Waals surface area contributed by atoms with Crippen molar-refractivity contribution >= 4 is 0 Å². The van der Waals surface area contributed by atoms with Crippen LogP contribution >= 0.6 is 0 Å². The fraction of sp³-hybridized carbons (Fsp3) is 1.00. The topological polar surface area (TPSA) is 43.7 Å². The summed E-state index contributed by atoms with van der Waals surface area (Å²) in [5, 5.41) is 18.5. The van der Waals surface area contributed by atoms with Crippen LogP contribution in [0.1, 0.15) is 12.8 Å². The predicted octanol–water partition coefficient (Wildman–Crippen LogP) is -0.566. The highest BCUT2D eigenvalue weighted by Crippen LogP contribution is 2.32. The van der Waals surface area contributed by atoms with E-state index < -0.39 is 0 Å². The molecule has 0 amide bonds. The third-order valence-electron chi connectivity index (χ3n) is 3.04. The van der Waals surface area contributed by atoms with Crippen molar-refractivity contribution in [1.29, 1.82) is 0 Å². The summed E-state index contributed by atoms with van der Waals surface area (Å²) < 4.78 is 0. The van der Waals surface area contributed by atoms with Gasteiger partial charge in [-0.25, -0.2) is 0 Å². The van der Waals surface area contributed by atoms with Gasteiger partial charge in [0.1, 0.15) is 0 Å². The Hall–Kier alpha value is -0.120. The van der Waals surface area contributed by atoms with Crippen LogP contribution in [0.4, 0.5) is 0 Å². The molecule has 0 saturated carbocycles. The Kier molecular flexibility index (Phi) is 1.87. The minimum atomic E-state index is -0.287. The quantitative estimate of drug-likeness (QED) is 0.536. The van der Waals surface area contributed by atoms with E-state index in [0.717, 1.165) is 19.5 Å². The molecule has 11 heavy (non-hydrogen) atoms. The first-order chi connectivity index (χ1) is 5.33. The molecule has 0 aromatic heterocycles. The Bertz CT molecular complexity index is 151. The zero-order valence-electron chi connectivity index (χ0n) is 6.61. The van der Waals surface area contributed by atoms with E-state index in [1.807, 2.05) is 0 Å². The number of aliphatic hydroxyl groups excluding tert-OH is 2. The molecule has 0 aromatic rings. The third-order valence-corrected chi connectivity index (χ3v) is 3.04. The Labute approximate surface area is 66.6 Å². The number of aliphatic hydroxyl groups is 2. The van der Waals surface area contributed by atoms with E-state index in [9.17, 15) is 5.11 Å². The smallest absolute Gasteiger partial charge is 0.0732 e. The molecule has 2 saturated heterocycles. The molecule has 3 nitrogen and oxygen atoms in total. The van der Waals surface area contributed by atoms with Crippen LogP contribution in [0.2, 0.25) is 0 Å². The van der Waals surface area contributed by atoms with Crippen LogP contribution in [0.25, 0.3) is 0 Å². The molecule has 2 heterocycles. The van der Waals surface area contributed by atoms with Gasteiger partial charge in [-0.05, 0) is 19.4 Å². The molecule has 0 aromatic carbocycles. The number of fused-ring (bicyclic) bond motifs is 1. The summed E-state index contributed by atoms with van der Waals surface area (Å²) in [4.78, 5) is 2.30. The molecule has 2 aliphatic heterocycles. The lowest BCUT2D eigenvalue weighted by Crippen LogP contribution is -2.28. The van der Waals surface area contributed by atoms with Crippen LogP contribution in [0.3, 0.4) is 0 Å². The van der Waals surface area contributed by atoms with Crippen molar-refractivity contribution in [1.82, 2.24) is 4.90 Å². The average molecular weight is 157 g/mol. The van der Waals surface area contributed by atoms with Crippen LogP contribution in [0.5, 0.6) is 0 Å². The standard InChI is InChI=1S/C8H15NO2/c10-5-6-7-2-1-3-9(7)4-8(6)11/h6-8,10-11H,1-5H2/t6-,7-,8+/m1/s1. The molecule has 0 aliphatic carbocycles. The summed E-state index contributed by atoms with van der Waals surface area (Å²) in [6.45, 7) is 2.02. The van der Waals surface area contributed by atoms with Gasteiger partial charge in [0, 0.05) is 25.1 Å². The highest BCUT2D eigenvalue weighted by molar-refractivity contribution is 4.96. The Morgan fingerprint density at radius 2 is 2.27 bits per heavy atom. The van der Waals surface area contributed by atoms with Gasteiger partial charge >= 0.3 is 0 Å². The van der Waals surface area contributed by atoms with Crippen molar-refractivity contribution in [3.63, 3.8) is 0 Å². The highest BCUT2D eigenvalue weighted by Gasteiger charge is 2.42. The Morgan fingerprint density at radius 1 is 1.45 bits per heavy atom. The largest absolute Gasteiger partial charge is 0.396 e. The second kappa shape index (κ2) is 2.73. The molecule has 2 fully saturated rings. The summed E-state index contributed by atoms with van der Waals surface area (Å²) in [5.41, 5.74) is 0.